The second-order valence-electron chi connectivity index (χ2n) is 5.85. The molecule has 1 aliphatic rings. The van der Waals surface area contributed by atoms with Crippen molar-refractivity contribution in [2.75, 3.05) is 6.54 Å². The van der Waals surface area contributed by atoms with E-state index in [1.165, 1.54) is 21.4 Å². The fraction of sp³-hybridized carbons (Fsp3) is 0.471. The van der Waals surface area contributed by atoms with E-state index in [1.54, 1.807) is 0 Å². The highest BCUT2D eigenvalue weighted by atomic mass is 32.1. The predicted molar refractivity (Wildman–Crippen MR) is 86.8 cm³/mol. The number of carboxylic acid groups (broad SMARTS) is 1. The van der Waals surface area contributed by atoms with Crippen LogP contribution >= 0.6 is 11.3 Å². The van der Waals surface area contributed by atoms with Crippen LogP contribution in [-0.4, -0.2) is 28.6 Å². The van der Waals surface area contributed by atoms with Crippen LogP contribution in [-0.2, 0) is 4.79 Å². The molecule has 0 bridgehead atoms. The molecule has 0 radical (unpaired) electrons. The number of benzene rings is 1. The third-order valence-corrected chi connectivity index (χ3v) is 5.72. The molecule has 0 saturated carbocycles. The van der Waals surface area contributed by atoms with Gasteiger partial charge in [-0.05, 0) is 43.8 Å². The van der Waals surface area contributed by atoms with Crippen LogP contribution in [0.2, 0.25) is 0 Å². The summed E-state index contributed by atoms with van der Waals surface area (Å²) in [6.07, 6.45) is 3.58. The summed E-state index contributed by atoms with van der Waals surface area (Å²) in [5.74, 6) is -0.685. The largest absolute Gasteiger partial charge is 0.481 e. The number of rotatable bonds is 4. The number of carbonyl (C=O) groups is 1. The van der Waals surface area contributed by atoms with Gasteiger partial charge in [-0.3, -0.25) is 9.69 Å². The molecular weight excluding hydrogens is 282 g/mol. The molecule has 3 nitrogen and oxygen atoms in total. The Labute approximate surface area is 129 Å². The number of likely N-dealkylation sites (tertiary alicyclic amines) is 1. The molecular formula is C17H21NO2S. The van der Waals surface area contributed by atoms with Gasteiger partial charge in [-0.15, -0.1) is 11.3 Å². The maximum Gasteiger partial charge on any atom is 0.304 e. The molecule has 1 saturated heterocycles. The van der Waals surface area contributed by atoms with Crippen molar-refractivity contribution in [3.8, 4) is 0 Å². The minimum Gasteiger partial charge on any atom is -0.481 e. The first-order valence-corrected chi connectivity index (χ1v) is 8.43. The maximum atomic E-state index is 11.1. The summed E-state index contributed by atoms with van der Waals surface area (Å²) >= 11 is 1.83. The molecule has 4 heteroatoms. The minimum absolute atomic E-state index is 0.177. The molecule has 2 unspecified atom stereocenters. The molecule has 21 heavy (non-hydrogen) atoms. The topological polar surface area (TPSA) is 40.5 Å². The number of nitrogens with zero attached hydrogens (tertiary/aromatic N) is 1. The van der Waals surface area contributed by atoms with Gasteiger partial charge >= 0.3 is 5.97 Å². The van der Waals surface area contributed by atoms with E-state index >= 15 is 0 Å². The van der Waals surface area contributed by atoms with E-state index in [1.807, 2.05) is 11.3 Å². The van der Waals surface area contributed by atoms with Crippen LogP contribution in [0.5, 0.6) is 0 Å². The normalized spacial score (nSPS) is 21.5. The van der Waals surface area contributed by atoms with Crippen LogP contribution in [0, 0.1) is 0 Å². The van der Waals surface area contributed by atoms with Gasteiger partial charge < -0.3 is 5.11 Å². The summed E-state index contributed by atoms with van der Waals surface area (Å²) in [5, 5.41) is 10.4. The Morgan fingerprint density at radius 1 is 1.43 bits per heavy atom. The lowest BCUT2D eigenvalue weighted by Crippen LogP contribution is -2.42. The zero-order valence-electron chi connectivity index (χ0n) is 12.3. The van der Waals surface area contributed by atoms with Gasteiger partial charge in [0.05, 0.1) is 6.42 Å². The second-order valence-corrected chi connectivity index (χ2v) is 6.96. The molecule has 1 fully saturated rings. The Balaban J connectivity index is 1.84. The third-order valence-electron chi connectivity index (χ3n) is 4.44. The Morgan fingerprint density at radius 2 is 2.24 bits per heavy atom. The lowest BCUT2D eigenvalue weighted by atomic mass is 9.97. The Bertz CT molecular complexity index is 604. The third kappa shape index (κ3) is 3.11. The smallest absolute Gasteiger partial charge is 0.304 e. The van der Waals surface area contributed by atoms with E-state index in [-0.39, 0.29) is 12.5 Å². The quantitative estimate of drug-likeness (QED) is 0.916. The number of hydrogen-bond donors (Lipinski definition) is 1. The van der Waals surface area contributed by atoms with Crippen molar-refractivity contribution < 1.29 is 9.90 Å². The summed E-state index contributed by atoms with van der Waals surface area (Å²) in [6.45, 7) is 3.22. The molecule has 0 amide bonds. The summed E-state index contributed by atoms with van der Waals surface area (Å²) in [5.41, 5.74) is 0. The van der Waals surface area contributed by atoms with Crippen LogP contribution in [0.1, 0.15) is 43.5 Å². The van der Waals surface area contributed by atoms with Crippen LogP contribution in [0.15, 0.2) is 30.3 Å². The molecule has 1 aromatic heterocycles. The fourth-order valence-corrected chi connectivity index (χ4v) is 4.46. The zero-order chi connectivity index (χ0) is 14.8. The molecule has 0 spiro atoms. The minimum atomic E-state index is -0.685. The summed E-state index contributed by atoms with van der Waals surface area (Å²) in [4.78, 5) is 14.8. The molecule has 2 atom stereocenters. The van der Waals surface area contributed by atoms with Gasteiger partial charge in [0.2, 0.25) is 0 Å². The molecule has 2 heterocycles. The lowest BCUT2D eigenvalue weighted by Gasteiger charge is -2.39. The van der Waals surface area contributed by atoms with Gasteiger partial charge in [-0.2, -0.15) is 0 Å². The number of fused-ring (bicyclic) bond motifs is 1. The van der Waals surface area contributed by atoms with E-state index in [0.29, 0.717) is 6.04 Å². The van der Waals surface area contributed by atoms with Crippen LogP contribution in [0.3, 0.4) is 0 Å². The lowest BCUT2D eigenvalue weighted by molar-refractivity contribution is -0.139. The predicted octanol–water partition coefficient (Wildman–Crippen LogP) is 4.29. The highest BCUT2D eigenvalue weighted by Crippen LogP contribution is 2.36. The first-order chi connectivity index (χ1) is 10.1. The van der Waals surface area contributed by atoms with E-state index in [4.69, 9.17) is 5.11 Å². The Morgan fingerprint density at radius 3 is 3.00 bits per heavy atom. The molecule has 2 aromatic rings. The Kier molecular flexibility index (Phi) is 4.27. The number of hydrogen-bond acceptors (Lipinski definition) is 3. The van der Waals surface area contributed by atoms with Crippen molar-refractivity contribution in [1.29, 1.82) is 0 Å². The van der Waals surface area contributed by atoms with Crippen molar-refractivity contribution in [3.05, 3.63) is 35.2 Å². The first kappa shape index (κ1) is 14.5. The number of carboxylic acids is 1. The van der Waals surface area contributed by atoms with Crippen LogP contribution in [0.25, 0.3) is 10.1 Å². The maximum absolute atomic E-state index is 11.1. The molecule has 0 aliphatic carbocycles. The highest BCUT2D eigenvalue weighted by molar-refractivity contribution is 7.19. The molecule has 1 aliphatic heterocycles. The average Bonchev–Trinajstić information content (AvgIpc) is 2.90. The van der Waals surface area contributed by atoms with Crippen molar-refractivity contribution in [2.24, 2.45) is 0 Å². The first-order valence-electron chi connectivity index (χ1n) is 7.61. The SMILES string of the molecule is CC(c1cc2ccccc2s1)N1CCCCC1CC(=O)O. The van der Waals surface area contributed by atoms with Crippen molar-refractivity contribution in [2.45, 2.75) is 44.7 Å². The number of thiophene rings is 1. The van der Waals surface area contributed by atoms with Gasteiger partial charge in [0.25, 0.3) is 0 Å². The average molecular weight is 303 g/mol. The van der Waals surface area contributed by atoms with Gasteiger partial charge in [0.1, 0.15) is 0 Å². The van der Waals surface area contributed by atoms with Gasteiger partial charge in [-0.1, -0.05) is 24.6 Å². The molecule has 3 rings (SSSR count). The molecule has 1 N–H and O–H groups in total. The number of piperidine rings is 1. The van der Waals surface area contributed by atoms with Gasteiger partial charge in [0, 0.05) is 21.7 Å². The Hall–Kier alpha value is -1.39. The zero-order valence-corrected chi connectivity index (χ0v) is 13.1. The standard InChI is InChI=1S/C17H21NO2S/c1-12(16-10-13-6-2-3-8-15(13)21-16)18-9-5-4-7-14(18)11-17(19)20/h2-3,6,8,10,12,14H,4-5,7,9,11H2,1H3,(H,19,20). The van der Waals surface area contributed by atoms with Gasteiger partial charge in [-0.25, -0.2) is 0 Å². The van der Waals surface area contributed by atoms with Crippen molar-refractivity contribution in [1.82, 2.24) is 4.90 Å². The fourth-order valence-electron chi connectivity index (χ4n) is 3.33. The summed E-state index contributed by atoms with van der Waals surface area (Å²) in [6, 6.07) is 11.2. The van der Waals surface area contributed by atoms with Crippen molar-refractivity contribution >= 4 is 27.4 Å². The van der Waals surface area contributed by atoms with Gasteiger partial charge in [0.15, 0.2) is 0 Å². The summed E-state index contributed by atoms with van der Waals surface area (Å²) in [7, 11) is 0. The second kappa shape index (κ2) is 6.16. The van der Waals surface area contributed by atoms with Crippen LogP contribution in [0.4, 0.5) is 0 Å². The van der Waals surface area contributed by atoms with Crippen molar-refractivity contribution in [3.63, 3.8) is 0 Å². The molecule has 112 valence electrons. The molecule has 1 aromatic carbocycles. The monoisotopic (exact) mass is 303 g/mol. The summed E-state index contributed by atoms with van der Waals surface area (Å²) < 4.78 is 1.31. The van der Waals surface area contributed by atoms with E-state index in [2.05, 4.69) is 42.2 Å². The highest BCUT2D eigenvalue weighted by Gasteiger charge is 2.29. The number of aliphatic carboxylic acids is 1. The van der Waals surface area contributed by atoms with E-state index in [0.717, 1.165) is 19.4 Å². The van der Waals surface area contributed by atoms with E-state index in [9.17, 15) is 4.79 Å². The van der Waals surface area contributed by atoms with E-state index < -0.39 is 5.97 Å². The van der Waals surface area contributed by atoms with Crippen LogP contribution < -0.4 is 0 Å².